The second-order valence-electron chi connectivity index (χ2n) is 6.50. The van der Waals surface area contributed by atoms with E-state index in [4.69, 9.17) is 10.5 Å². The molecule has 1 fully saturated rings. The third-order valence-electron chi connectivity index (χ3n) is 4.79. The smallest absolute Gasteiger partial charge is 0.267 e. The van der Waals surface area contributed by atoms with Crippen LogP contribution in [-0.2, 0) is 16.1 Å². The zero-order chi connectivity index (χ0) is 19.4. The van der Waals surface area contributed by atoms with Crippen LogP contribution in [0.1, 0.15) is 12.8 Å². The molecule has 0 bridgehead atoms. The predicted molar refractivity (Wildman–Crippen MR) is 99.0 cm³/mol. The van der Waals surface area contributed by atoms with Gasteiger partial charge in [0.15, 0.2) is 0 Å². The lowest BCUT2D eigenvalue weighted by molar-refractivity contribution is -0.135. The highest BCUT2D eigenvalue weighted by Gasteiger charge is 2.26. The van der Waals surface area contributed by atoms with Crippen LogP contribution in [0.15, 0.2) is 41.2 Å². The second-order valence-corrected chi connectivity index (χ2v) is 6.50. The first-order valence-corrected chi connectivity index (χ1v) is 8.77. The lowest BCUT2D eigenvalue weighted by Gasteiger charge is -2.30. The molecule has 142 valence electrons. The van der Waals surface area contributed by atoms with E-state index in [1.807, 2.05) is 12.1 Å². The van der Waals surface area contributed by atoms with Crippen LogP contribution in [0.2, 0.25) is 0 Å². The Morgan fingerprint density at radius 3 is 2.41 bits per heavy atom. The number of hydrogen-bond acceptors (Lipinski definition) is 5. The fraction of sp³-hybridized carbons (Fsp3) is 0.368. The van der Waals surface area contributed by atoms with E-state index in [2.05, 4.69) is 5.10 Å². The molecule has 27 heavy (non-hydrogen) atoms. The van der Waals surface area contributed by atoms with Gasteiger partial charge in [-0.05, 0) is 43.2 Å². The average Bonchev–Trinajstić information content (AvgIpc) is 2.69. The zero-order valence-electron chi connectivity index (χ0n) is 15.1. The van der Waals surface area contributed by atoms with Gasteiger partial charge in [-0.15, -0.1) is 0 Å². The standard InChI is InChI=1S/C19H22N4O4/c1-27-15-4-2-13(3-5-15)16-6-7-17(24)23(21-16)12-18(25)22-10-8-14(9-11-22)19(20)26/h2-7,14H,8-12H2,1H3,(H2,20,26). The van der Waals surface area contributed by atoms with Crippen LogP contribution in [0.3, 0.4) is 0 Å². The fourth-order valence-corrected chi connectivity index (χ4v) is 3.12. The van der Waals surface area contributed by atoms with Crippen molar-refractivity contribution in [3.8, 4) is 17.0 Å². The van der Waals surface area contributed by atoms with Gasteiger partial charge in [-0.2, -0.15) is 5.10 Å². The van der Waals surface area contributed by atoms with Gasteiger partial charge < -0.3 is 15.4 Å². The van der Waals surface area contributed by atoms with Crippen molar-refractivity contribution in [3.63, 3.8) is 0 Å². The summed E-state index contributed by atoms with van der Waals surface area (Å²) in [5.41, 5.74) is 6.39. The van der Waals surface area contributed by atoms with Gasteiger partial charge in [-0.3, -0.25) is 14.4 Å². The SMILES string of the molecule is COc1ccc(-c2ccc(=O)n(CC(=O)N3CCC(C(N)=O)CC3)n2)cc1. The zero-order valence-corrected chi connectivity index (χ0v) is 15.1. The lowest BCUT2D eigenvalue weighted by atomic mass is 9.96. The van der Waals surface area contributed by atoms with E-state index in [0.29, 0.717) is 31.6 Å². The van der Waals surface area contributed by atoms with E-state index in [1.165, 1.54) is 10.7 Å². The molecule has 0 unspecified atom stereocenters. The maximum Gasteiger partial charge on any atom is 0.267 e. The maximum atomic E-state index is 12.5. The Morgan fingerprint density at radius 2 is 1.81 bits per heavy atom. The van der Waals surface area contributed by atoms with Crippen molar-refractivity contribution in [3.05, 3.63) is 46.8 Å². The molecule has 1 saturated heterocycles. The predicted octanol–water partition coefficient (Wildman–Crippen LogP) is 0.643. The number of nitrogens with zero attached hydrogens (tertiary/aromatic N) is 3. The van der Waals surface area contributed by atoms with Crippen molar-refractivity contribution in [2.24, 2.45) is 11.7 Å². The fourth-order valence-electron chi connectivity index (χ4n) is 3.12. The van der Waals surface area contributed by atoms with Crippen LogP contribution in [0.4, 0.5) is 0 Å². The number of aromatic nitrogens is 2. The van der Waals surface area contributed by atoms with E-state index in [1.54, 1.807) is 30.2 Å². The minimum atomic E-state index is -0.340. The number of rotatable bonds is 5. The Balaban J connectivity index is 1.72. The third-order valence-corrected chi connectivity index (χ3v) is 4.79. The van der Waals surface area contributed by atoms with Gasteiger partial charge in [0.25, 0.3) is 5.56 Å². The summed E-state index contributed by atoms with van der Waals surface area (Å²) in [6, 6.07) is 10.3. The van der Waals surface area contributed by atoms with Crippen LogP contribution < -0.4 is 16.0 Å². The largest absolute Gasteiger partial charge is 0.497 e. The number of ether oxygens (including phenoxy) is 1. The van der Waals surface area contributed by atoms with Crippen molar-refractivity contribution in [1.82, 2.24) is 14.7 Å². The number of piperidine rings is 1. The molecule has 2 amide bonds. The molecule has 0 atom stereocenters. The molecule has 1 aliphatic heterocycles. The average molecular weight is 370 g/mol. The summed E-state index contributed by atoms with van der Waals surface area (Å²) in [6.07, 6.45) is 1.10. The number of amides is 2. The van der Waals surface area contributed by atoms with E-state index >= 15 is 0 Å². The van der Waals surface area contributed by atoms with Crippen LogP contribution in [-0.4, -0.2) is 46.7 Å². The molecule has 1 aromatic heterocycles. The summed E-state index contributed by atoms with van der Waals surface area (Å²) in [7, 11) is 1.59. The van der Waals surface area contributed by atoms with Crippen LogP contribution >= 0.6 is 0 Å². The molecular weight excluding hydrogens is 348 g/mol. The van der Waals surface area contributed by atoms with E-state index < -0.39 is 0 Å². The Morgan fingerprint density at radius 1 is 1.15 bits per heavy atom. The van der Waals surface area contributed by atoms with Gasteiger partial charge in [-0.25, -0.2) is 4.68 Å². The van der Waals surface area contributed by atoms with Crippen molar-refractivity contribution in [2.75, 3.05) is 20.2 Å². The summed E-state index contributed by atoms with van der Waals surface area (Å²) < 4.78 is 6.30. The third kappa shape index (κ3) is 4.33. The summed E-state index contributed by atoms with van der Waals surface area (Å²) in [4.78, 5) is 37.5. The lowest BCUT2D eigenvalue weighted by Crippen LogP contribution is -2.44. The number of methoxy groups -OCH3 is 1. The van der Waals surface area contributed by atoms with Gasteiger partial charge in [-0.1, -0.05) is 0 Å². The van der Waals surface area contributed by atoms with Gasteiger partial charge in [0.05, 0.1) is 12.8 Å². The first-order valence-electron chi connectivity index (χ1n) is 8.77. The minimum absolute atomic E-state index is 0.135. The van der Waals surface area contributed by atoms with Crippen LogP contribution in [0.25, 0.3) is 11.3 Å². The first-order chi connectivity index (χ1) is 13.0. The van der Waals surface area contributed by atoms with Crippen molar-refractivity contribution < 1.29 is 14.3 Å². The molecule has 1 aromatic carbocycles. The number of likely N-dealkylation sites (tertiary alicyclic amines) is 1. The molecule has 2 heterocycles. The first kappa shape index (κ1) is 18.6. The molecule has 1 aliphatic rings. The van der Waals surface area contributed by atoms with Crippen molar-refractivity contribution in [2.45, 2.75) is 19.4 Å². The second kappa shape index (κ2) is 8.03. The van der Waals surface area contributed by atoms with Crippen molar-refractivity contribution in [1.29, 1.82) is 0 Å². The van der Waals surface area contributed by atoms with Gasteiger partial charge in [0.1, 0.15) is 12.3 Å². The van der Waals surface area contributed by atoms with E-state index in [-0.39, 0.29) is 29.8 Å². The molecule has 2 aromatic rings. The number of benzene rings is 1. The van der Waals surface area contributed by atoms with Gasteiger partial charge in [0, 0.05) is 30.6 Å². The van der Waals surface area contributed by atoms with Gasteiger partial charge in [0.2, 0.25) is 11.8 Å². The van der Waals surface area contributed by atoms with Crippen LogP contribution in [0, 0.1) is 5.92 Å². The Bertz CT molecular complexity index is 883. The van der Waals surface area contributed by atoms with Gasteiger partial charge >= 0.3 is 0 Å². The minimum Gasteiger partial charge on any atom is -0.497 e. The molecule has 0 aliphatic carbocycles. The van der Waals surface area contributed by atoms with Crippen molar-refractivity contribution >= 4 is 11.8 Å². The molecule has 0 saturated carbocycles. The molecular formula is C19H22N4O4. The molecule has 8 nitrogen and oxygen atoms in total. The monoisotopic (exact) mass is 370 g/mol. The normalized spacial score (nSPS) is 14.8. The number of nitrogens with two attached hydrogens (primary N) is 1. The highest BCUT2D eigenvalue weighted by molar-refractivity contribution is 5.78. The maximum absolute atomic E-state index is 12.5. The summed E-state index contributed by atoms with van der Waals surface area (Å²) in [6.45, 7) is 0.781. The summed E-state index contributed by atoms with van der Waals surface area (Å²) in [5, 5.41) is 4.32. The molecule has 3 rings (SSSR count). The van der Waals surface area contributed by atoms with E-state index in [0.717, 1.165) is 11.3 Å². The summed E-state index contributed by atoms with van der Waals surface area (Å²) in [5.74, 6) is 0.0153. The molecule has 0 spiro atoms. The Labute approximate surface area is 156 Å². The quantitative estimate of drug-likeness (QED) is 0.831. The molecule has 8 heteroatoms. The number of carbonyl (C=O) groups excluding carboxylic acids is 2. The van der Waals surface area contributed by atoms with E-state index in [9.17, 15) is 14.4 Å². The molecule has 2 N–H and O–H groups in total. The molecule has 0 radical (unpaired) electrons. The highest BCUT2D eigenvalue weighted by Crippen LogP contribution is 2.20. The topological polar surface area (TPSA) is 108 Å². The Hall–Kier alpha value is -3.16. The van der Waals surface area contributed by atoms with Crippen LogP contribution in [0.5, 0.6) is 5.75 Å². The number of hydrogen-bond donors (Lipinski definition) is 1. The number of primary amides is 1. The highest BCUT2D eigenvalue weighted by atomic mass is 16.5. The summed E-state index contributed by atoms with van der Waals surface area (Å²) >= 11 is 0. The number of carbonyl (C=O) groups is 2. The Kier molecular flexibility index (Phi) is 5.54.